The summed E-state index contributed by atoms with van der Waals surface area (Å²) in [5.74, 6) is 0.991. The van der Waals surface area contributed by atoms with Gasteiger partial charge >= 0.3 is 0 Å². The van der Waals surface area contributed by atoms with Gasteiger partial charge in [-0.2, -0.15) is 0 Å². The van der Waals surface area contributed by atoms with Gasteiger partial charge in [-0.3, -0.25) is 9.69 Å². The van der Waals surface area contributed by atoms with Crippen LogP contribution in [0.25, 0.3) is 21.6 Å². The number of nitrogens with zero attached hydrogens (tertiary/aromatic N) is 4. The Morgan fingerprint density at radius 1 is 0.966 bits per heavy atom. The Bertz CT molecular complexity index is 1100. The average molecular weight is 404 g/mol. The highest BCUT2D eigenvalue weighted by Gasteiger charge is 2.24. The third-order valence-corrected chi connectivity index (χ3v) is 6.11. The molecule has 0 atom stereocenters. The highest BCUT2D eigenvalue weighted by molar-refractivity contribution is 7.13. The van der Waals surface area contributed by atoms with Crippen molar-refractivity contribution in [3.63, 3.8) is 0 Å². The number of hydrogen-bond acceptors (Lipinski definition) is 5. The lowest BCUT2D eigenvalue weighted by molar-refractivity contribution is 0.0621. The Morgan fingerprint density at radius 3 is 2.52 bits per heavy atom. The first kappa shape index (κ1) is 18.0. The maximum Gasteiger partial charge on any atom is 0.273 e. The summed E-state index contributed by atoms with van der Waals surface area (Å²) in [4.78, 5) is 29.7. The molecule has 7 heteroatoms. The molecule has 2 aromatic heterocycles. The number of aromatic nitrogens is 3. The van der Waals surface area contributed by atoms with Crippen LogP contribution in [0, 0.1) is 0 Å². The third kappa shape index (κ3) is 3.79. The number of carbonyl (C=O) groups excluding carboxylic acids is 1. The molecule has 0 spiro atoms. The molecule has 0 aliphatic carbocycles. The van der Waals surface area contributed by atoms with Crippen LogP contribution in [-0.2, 0) is 6.54 Å². The van der Waals surface area contributed by atoms with Crippen molar-refractivity contribution in [1.29, 1.82) is 0 Å². The second-order valence-electron chi connectivity index (χ2n) is 7.17. The molecule has 1 amide bonds. The Hall–Kier alpha value is -3.03. The number of benzene rings is 2. The number of nitrogens with one attached hydrogen (secondary N) is 1. The molecule has 1 N–H and O–H groups in total. The monoisotopic (exact) mass is 403 g/mol. The van der Waals surface area contributed by atoms with Gasteiger partial charge in [0.05, 0.1) is 17.6 Å². The highest BCUT2D eigenvalue weighted by atomic mass is 32.1. The topological polar surface area (TPSA) is 65.1 Å². The summed E-state index contributed by atoms with van der Waals surface area (Å²) in [6.07, 6.45) is 0. The number of fused-ring (bicyclic) bond motifs is 1. The van der Waals surface area contributed by atoms with E-state index < -0.39 is 0 Å². The second-order valence-corrected chi connectivity index (χ2v) is 8.03. The fourth-order valence-electron chi connectivity index (χ4n) is 3.65. The Morgan fingerprint density at radius 2 is 1.72 bits per heavy atom. The number of piperazine rings is 1. The van der Waals surface area contributed by atoms with Crippen molar-refractivity contribution in [3.8, 4) is 10.6 Å². The van der Waals surface area contributed by atoms with Crippen molar-refractivity contribution in [1.82, 2.24) is 24.8 Å². The van der Waals surface area contributed by atoms with Crippen molar-refractivity contribution in [2.75, 3.05) is 26.2 Å². The summed E-state index contributed by atoms with van der Waals surface area (Å²) in [5.41, 5.74) is 3.65. The summed E-state index contributed by atoms with van der Waals surface area (Å²) in [6.45, 7) is 3.84. The van der Waals surface area contributed by atoms with E-state index in [0.717, 1.165) is 47.1 Å². The van der Waals surface area contributed by atoms with E-state index in [4.69, 9.17) is 0 Å². The van der Waals surface area contributed by atoms with Crippen LogP contribution in [0.15, 0.2) is 60.0 Å². The summed E-state index contributed by atoms with van der Waals surface area (Å²) in [6, 6.07) is 18.1. The van der Waals surface area contributed by atoms with Crippen molar-refractivity contribution in [3.05, 3.63) is 71.5 Å². The van der Waals surface area contributed by atoms with E-state index in [1.165, 1.54) is 11.3 Å². The number of hydrogen-bond donors (Lipinski definition) is 1. The molecular weight excluding hydrogens is 382 g/mol. The molecule has 6 nitrogen and oxygen atoms in total. The number of carbonyl (C=O) groups is 1. The van der Waals surface area contributed by atoms with Gasteiger partial charge in [0.15, 0.2) is 0 Å². The van der Waals surface area contributed by atoms with Gasteiger partial charge in [-0.25, -0.2) is 9.97 Å². The minimum Gasteiger partial charge on any atom is -0.341 e. The Kier molecular flexibility index (Phi) is 4.83. The van der Waals surface area contributed by atoms with Crippen molar-refractivity contribution < 1.29 is 4.79 Å². The number of amides is 1. The molecule has 29 heavy (non-hydrogen) atoms. The summed E-state index contributed by atoms with van der Waals surface area (Å²) in [7, 11) is 0. The minimum atomic E-state index is 0.0202. The molecule has 0 radical (unpaired) electrons. The Balaban J connectivity index is 1.20. The lowest BCUT2D eigenvalue weighted by Gasteiger charge is -2.33. The number of imidazole rings is 1. The maximum absolute atomic E-state index is 12.9. The molecule has 1 aliphatic rings. The standard InChI is InChI=1S/C22H21N5OS/c28-22(19-15-29-21(25-19)16-6-2-1-3-7-16)27-12-10-26(11-13-27)14-20-23-17-8-4-5-9-18(17)24-20/h1-9,15H,10-14H2,(H,23,24). The van der Waals surface area contributed by atoms with Gasteiger partial charge in [0.25, 0.3) is 5.91 Å². The normalized spacial score (nSPS) is 15.1. The van der Waals surface area contributed by atoms with E-state index in [9.17, 15) is 4.79 Å². The molecule has 4 aromatic rings. The first-order valence-electron chi connectivity index (χ1n) is 9.72. The maximum atomic E-state index is 12.9. The SMILES string of the molecule is O=C(c1csc(-c2ccccc2)n1)N1CCN(Cc2nc3ccccc3[nH]2)CC1. The van der Waals surface area contributed by atoms with Crippen LogP contribution >= 0.6 is 11.3 Å². The minimum absolute atomic E-state index is 0.0202. The van der Waals surface area contributed by atoms with Crippen LogP contribution in [0.2, 0.25) is 0 Å². The van der Waals surface area contributed by atoms with E-state index in [-0.39, 0.29) is 5.91 Å². The van der Waals surface area contributed by atoms with E-state index in [1.807, 2.05) is 64.9 Å². The van der Waals surface area contributed by atoms with E-state index >= 15 is 0 Å². The van der Waals surface area contributed by atoms with Gasteiger partial charge < -0.3 is 9.88 Å². The average Bonchev–Trinajstić information content (AvgIpc) is 3.41. The number of thiazole rings is 1. The predicted octanol–water partition coefficient (Wildman–Crippen LogP) is 3.64. The molecule has 1 fully saturated rings. The quantitative estimate of drug-likeness (QED) is 0.565. The fraction of sp³-hybridized carbons (Fsp3) is 0.227. The molecule has 1 saturated heterocycles. The van der Waals surface area contributed by atoms with Crippen LogP contribution in [-0.4, -0.2) is 56.8 Å². The number of aromatic amines is 1. The lowest BCUT2D eigenvalue weighted by Crippen LogP contribution is -2.48. The van der Waals surface area contributed by atoms with E-state index in [0.29, 0.717) is 18.8 Å². The molecule has 146 valence electrons. The van der Waals surface area contributed by atoms with Gasteiger partial charge in [-0.15, -0.1) is 11.3 Å². The van der Waals surface area contributed by atoms with E-state index in [1.54, 1.807) is 0 Å². The lowest BCUT2D eigenvalue weighted by atomic mass is 10.2. The molecular formula is C22H21N5OS. The molecule has 0 bridgehead atoms. The third-order valence-electron chi connectivity index (χ3n) is 5.22. The summed E-state index contributed by atoms with van der Waals surface area (Å²) in [5, 5.41) is 2.75. The van der Waals surface area contributed by atoms with Crippen molar-refractivity contribution >= 4 is 28.3 Å². The molecule has 5 rings (SSSR count). The molecule has 3 heterocycles. The van der Waals surface area contributed by atoms with Gasteiger partial charge in [0.2, 0.25) is 0 Å². The number of rotatable bonds is 4. The Labute approximate surface area is 172 Å². The first-order valence-corrected chi connectivity index (χ1v) is 10.6. The molecule has 0 saturated carbocycles. The zero-order valence-corrected chi connectivity index (χ0v) is 16.7. The van der Waals surface area contributed by atoms with Crippen LogP contribution in [0.3, 0.4) is 0 Å². The number of para-hydroxylation sites is 2. The van der Waals surface area contributed by atoms with Crippen molar-refractivity contribution in [2.45, 2.75) is 6.54 Å². The summed E-state index contributed by atoms with van der Waals surface area (Å²) < 4.78 is 0. The molecule has 0 unspecified atom stereocenters. The van der Waals surface area contributed by atoms with Gasteiger partial charge in [0.1, 0.15) is 16.5 Å². The van der Waals surface area contributed by atoms with Gasteiger partial charge in [-0.1, -0.05) is 42.5 Å². The second kappa shape index (κ2) is 7.77. The zero-order valence-electron chi connectivity index (χ0n) is 15.9. The van der Waals surface area contributed by atoms with Gasteiger partial charge in [0, 0.05) is 37.1 Å². The van der Waals surface area contributed by atoms with Crippen LogP contribution < -0.4 is 0 Å². The van der Waals surface area contributed by atoms with Crippen LogP contribution in [0.5, 0.6) is 0 Å². The number of H-pyrrole nitrogens is 1. The molecule has 1 aliphatic heterocycles. The highest BCUT2D eigenvalue weighted by Crippen LogP contribution is 2.24. The van der Waals surface area contributed by atoms with Gasteiger partial charge in [-0.05, 0) is 12.1 Å². The van der Waals surface area contributed by atoms with Crippen molar-refractivity contribution in [2.24, 2.45) is 0 Å². The summed E-state index contributed by atoms with van der Waals surface area (Å²) >= 11 is 1.52. The molecule has 2 aromatic carbocycles. The van der Waals surface area contributed by atoms with Crippen LogP contribution in [0.4, 0.5) is 0 Å². The fourth-order valence-corrected chi connectivity index (χ4v) is 4.45. The first-order chi connectivity index (χ1) is 14.3. The van der Waals surface area contributed by atoms with E-state index in [2.05, 4.69) is 19.9 Å². The largest absolute Gasteiger partial charge is 0.341 e. The van der Waals surface area contributed by atoms with Crippen LogP contribution in [0.1, 0.15) is 16.3 Å². The zero-order chi connectivity index (χ0) is 19.6. The predicted molar refractivity (Wildman–Crippen MR) is 115 cm³/mol. The smallest absolute Gasteiger partial charge is 0.273 e.